The van der Waals surface area contributed by atoms with Crippen LogP contribution in [-0.2, 0) is 9.59 Å². The monoisotopic (exact) mass is 448 g/mol. The topological polar surface area (TPSA) is 67.9 Å². The fourth-order valence-corrected chi connectivity index (χ4v) is 4.86. The summed E-state index contributed by atoms with van der Waals surface area (Å²) in [4.78, 5) is 28.6. The van der Waals surface area contributed by atoms with Crippen molar-refractivity contribution in [2.24, 2.45) is 0 Å². The van der Waals surface area contributed by atoms with Crippen LogP contribution in [0.25, 0.3) is 0 Å². The number of amides is 2. The van der Waals surface area contributed by atoms with Gasteiger partial charge in [0.15, 0.2) is 0 Å². The molecular formula is C25H24N2O4S. The molecule has 32 heavy (non-hydrogen) atoms. The molecule has 0 aromatic heterocycles. The smallest absolute Gasteiger partial charge is 0.244 e. The zero-order valence-corrected chi connectivity index (χ0v) is 18.7. The van der Waals surface area contributed by atoms with Crippen molar-refractivity contribution in [3.63, 3.8) is 0 Å². The lowest BCUT2D eigenvalue weighted by atomic mass is 10.1. The van der Waals surface area contributed by atoms with Crippen LogP contribution in [0.1, 0.15) is 17.2 Å². The first kappa shape index (κ1) is 21.8. The molecule has 3 aromatic rings. The lowest BCUT2D eigenvalue weighted by Gasteiger charge is -2.22. The second kappa shape index (κ2) is 9.78. The Bertz CT molecular complexity index is 1100. The number of nitrogens with one attached hydrogen (secondary N) is 1. The largest absolute Gasteiger partial charge is 0.497 e. The number of hydrogen-bond donors (Lipinski definition) is 1. The van der Waals surface area contributed by atoms with Gasteiger partial charge in [-0.1, -0.05) is 24.3 Å². The molecule has 3 aromatic carbocycles. The van der Waals surface area contributed by atoms with E-state index in [9.17, 15) is 9.59 Å². The molecule has 0 fully saturated rings. The van der Waals surface area contributed by atoms with E-state index in [4.69, 9.17) is 9.47 Å². The molecule has 0 saturated heterocycles. The van der Waals surface area contributed by atoms with Crippen LogP contribution in [0.2, 0.25) is 0 Å². The van der Waals surface area contributed by atoms with Gasteiger partial charge < -0.3 is 19.7 Å². The summed E-state index contributed by atoms with van der Waals surface area (Å²) in [5, 5.41) is 2.81. The predicted molar refractivity (Wildman–Crippen MR) is 127 cm³/mol. The van der Waals surface area contributed by atoms with Gasteiger partial charge in [0.05, 0.1) is 19.9 Å². The Morgan fingerprint density at radius 1 is 0.969 bits per heavy atom. The first-order valence-electron chi connectivity index (χ1n) is 10.2. The van der Waals surface area contributed by atoms with E-state index in [0.29, 0.717) is 17.9 Å². The maximum absolute atomic E-state index is 13.2. The highest BCUT2D eigenvalue weighted by Gasteiger charge is 2.30. The number of rotatable bonds is 6. The van der Waals surface area contributed by atoms with Gasteiger partial charge in [0.1, 0.15) is 18.0 Å². The van der Waals surface area contributed by atoms with Gasteiger partial charge in [-0.3, -0.25) is 9.59 Å². The molecule has 6 nitrogen and oxygen atoms in total. The molecular weight excluding hydrogens is 424 g/mol. The van der Waals surface area contributed by atoms with E-state index in [1.54, 1.807) is 55.1 Å². The zero-order valence-electron chi connectivity index (χ0n) is 17.9. The van der Waals surface area contributed by atoms with Crippen molar-refractivity contribution in [1.29, 1.82) is 0 Å². The molecule has 1 heterocycles. The Labute approximate surface area is 191 Å². The number of carbonyl (C=O) groups excluding carboxylic acids is 2. The number of benzene rings is 3. The van der Waals surface area contributed by atoms with Gasteiger partial charge in [-0.2, -0.15) is 0 Å². The molecule has 7 heteroatoms. The van der Waals surface area contributed by atoms with Gasteiger partial charge in [-0.25, -0.2) is 0 Å². The minimum atomic E-state index is -0.258. The maximum atomic E-state index is 13.2. The summed E-state index contributed by atoms with van der Waals surface area (Å²) in [5.74, 6) is 1.14. The molecule has 0 bridgehead atoms. The van der Waals surface area contributed by atoms with Crippen LogP contribution < -0.4 is 19.7 Å². The molecule has 1 N–H and O–H groups in total. The van der Waals surface area contributed by atoms with Crippen LogP contribution in [0, 0.1) is 0 Å². The second-order valence-electron chi connectivity index (χ2n) is 7.31. The Balaban J connectivity index is 1.54. The van der Waals surface area contributed by atoms with Crippen LogP contribution >= 0.6 is 11.8 Å². The molecule has 164 valence electrons. The standard InChI is InChI=1S/C25H24N2O4S/c1-30-19-11-7-17(8-12-19)23-15-25(29)27(21-5-3-4-6-22(21)32-23)16-24(28)26-18-9-13-20(31-2)14-10-18/h3-14,23H,15-16H2,1-2H3,(H,26,28)/t23-/m0/s1. The summed E-state index contributed by atoms with van der Waals surface area (Å²) in [6.45, 7) is -0.0578. The van der Waals surface area contributed by atoms with Crippen LogP contribution in [-0.4, -0.2) is 32.6 Å². The fourth-order valence-electron chi connectivity index (χ4n) is 3.57. The molecule has 1 aliphatic rings. The highest BCUT2D eigenvalue weighted by Crippen LogP contribution is 2.45. The third-order valence-corrected chi connectivity index (χ3v) is 6.57. The second-order valence-corrected chi connectivity index (χ2v) is 8.55. The number of para-hydroxylation sites is 1. The van der Waals surface area contributed by atoms with Crippen molar-refractivity contribution in [2.45, 2.75) is 16.6 Å². The summed E-state index contributed by atoms with van der Waals surface area (Å²) >= 11 is 1.64. The number of hydrogen-bond acceptors (Lipinski definition) is 5. The van der Waals surface area contributed by atoms with Crippen LogP contribution in [0.5, 0.6) is 11.5 Å². The van der Waals surface area contributed by atoms with Crippen molar-refractivity contribution in [1.82, 2.24) is 0 Å². The molecule has 0 unspecified atom stereocenters. The van der Waals surface area contributed by atoms with Gasteiger partial charge in [-0.05, 0) is 54.1 Å². The minimum absolute atomic E-state index is 0.0517. The highest BCUT2D eigenvalue weighted by atomic mass is 32.2. The number of nitrogens with zero attached hydrogens (tertiary/aromatic N) is 1. The number of carbonyl (C=O) groups is 2. The first-order chi connectivity index (χ1) is 15.6. The fraction of sp³-hybridized carbons (Fsp3) is 0.200. The van der Waals surface area contributed by atoms with Crippen molar-refractivity contribution in [3.05, 3.63) is 78.4 Å². The van der Waals surface area contributed by atoms with Crippen LogP contribution in [0.4, 0.5) is 11.4 Å². The quantitative estimate of drug-likeness (QED) is 0.580. The number of ether oxygens (including phenoxy) is 2. The molecule has 1 atom stereocenters. The Hall–Kier alpha value is -3.45. The molecule has 0 radical (unpaired) electrons. The summed E-state index contributed by atoms with van der Waals surface area (Å²) in [6.07, 6.45) is 0.293. The lowest BCUT2D eigenvalue weighted by molar-refractivity contribution is -0.121. The van der Waals surface area contributed by atoms with Crippen molar-refractivity contribution in [2.75, 3.05) is 31.0 Å². The number of methoxy groups -OCH3 is 2. The highest BCUT2D eigenvalue weighted by molar-refractivity contribution is 7.99. The predicted octanol–water partition coefficient (Wildman–Crippen LogP) is 4.91. The number of anilines is 2. The van der Waals surface area contributed by atoms with E-state index in [-0.39, 0.29) is 23.6 Å². The average molecular weight is 449 g/mol. The van der Waals surface area contributed by atoms with E-state index in [1.165, 1.54) is 0 Å². The van der Waals surface area contributed by atoms with Crippen molar-refractivity contribution in [3.8, 4) is 11.5 Å². The molecule has 0 spiro atoms. The number of thioether (sulfide) groups is 1. The average Bonchev–Trinajstić information content (AvgIpc) is 2.96. The van der Waals surface area contributed by atoms with Gasteiger partial charge in [-0.15, -0.1) is 11.8 Å². The van der Waals surface area contributed by atoms with E-state index in [2.05, 4.69) is 5.32 Å². The summed E-state index contributed by atoms with van der Waals surface area (Å²) in [6, 6.07) is 22.6. The summed E-state index contributed by atoms with van der Waals surface area (Å²) < 4.78 is 10.4. The van der Waals surface area contributed by atoms with Gasteiger partial charge in [0, 0.05) is 22.3 Å². The van der Waals surface area contributed by atoms with Crippen molar-refractivity contribution >= 4 is 35.0 Å². The third-order valence-electron chi connectivity index (χ3n) is 5.25. The third kappa shape index (κ3) is 4.89. The van der Waals surface area contributed by atoms with Crippen LogP contribution in [0.15, 0.2) is 77.7 Å². The Morgan fingerprint density at radius 3 is 2.25 bits per heavy atom. The Morgan fingerprint density at radius 2 is 1.59 bits per heavy atom. The van der Waals surface area contributed by atoms with Crippen molar-refractivity contribution < 1.29 is 19.1 Å². The summed E-state index contributed by atoms with van der Waals surface area (Å²) in [5.41, 5.74) is 2.45. The van der Waals surface area contributed by atoms with Gasteiger partial charge in [0.25, 0.3) is 0 Å². The SMILES string of the molecule is COc1ccc(NC(=O)CN2C(=O)C[C@@H](c3ccc(OC)cc3)Sc3ccccc32)cc1. The molecule has 0 saturated carbocycles. The lowest BCUT2D eigenvalue weighted by Crippen LogP contribution is -2.38. The molecule has 1 aliphatic heterocycles. The molecule has 0 aliphatic carbocycles. The van der Waals surface area contributed by atoms with Gasteiger partial charge in [0.2, 0.25) is 11.8 Å². The Kier molecular flexibility index (Phi) is 6.66. The summed E-state index contributed by atoms with van der Waals surface area (Å²) in [7, 11) is 3.22. The van der Waals surface area contributed by atoms with Crippen LogP contribution in [0.3, 0.4) is 0 Å². The van der Waals surface area contributed by atoms with E-state index in [0.717, 1.165) is 21.9 Å². The van der Waals surface area contributed by atoms with E-state index < -0.39 is 0 Å². The van der Waals surface area contributed by atoms with E-state index in [1.807, 2.05) is 48.5 Å². The first-order valence-corrected chi connectivity index (χ1v) is 11.1. The number of fused-ring (bicyclic) bond motifs is 1. The molecule has 4 rings (SSSR count). The van der Waals surface area contributed by atoms with E-state index >= 15 is 0 Å². The molecule has 2 amide bonds. The van der Waals surface area contributed by atoms with Gasteiger partial charge >= 0.3 is 0 Å². The maximum Gasteiger partial charge on any atom is 0.244 e. The zero-order chi connectivity index (χ0) is 22.5. The minimum Gasteiger partial charge on any atom is -0.497 e. The normalized spacial score (nSPS) is 15.5.